The fraction of sp³-hybridized carbons (Fsp3) is 0.235. The first-order valence-corrected chi connectivity index (χ1v) is 7.92. The first-order chi connectivity index (χ1) is 10.6. The Labute approximate surface area is 133 Å². The van der Waals surface area contributed by atoms with Gasteiger partial charge in [-0.15, -0.1) is 11.8 Å². The number of benzene rings is 2. The van der Waals surface area contributed by atoms with Crippen LogP contribution in [0, 0.1) is 5.82 Å². The lowest BCUT2D eigenvalue weighted by Gasteiger charge is -2.12. The van der Waals surface area contributed by atoms with Gasteiger partial charge in [-0.1, -0.05) is 0 Å². The lowest BCUT2D eigenvalue weighted by molar-refractivity contribution is -0.115. The van der Waals surface area contributed by atoms with Crippen molar-refractivity contribution in [2.45, 2.75) is 24.0 Å². The van der Waals surface area contributed by atoms with Crippen LogP contribution in [0.25, 0.3) is 0 Å². The topological polar surface area (TPSA) is 38.3 Å². The molecule has 3 nitrogen and oxygen atoms in total. The van der Waals surface area contributed by atoms with Gasteiger partial charge in [-0.25, -0.2) is 4.39 Å². The Balaban J connectivity index is 1.91. The number of rotatable bonds is 6. The second kappa shape index (κ2) is 7.84. The number of thioether (sulfide) groups is 1. The van der Waals surface area contributed by atoms with Crippen LogP contribution < -0.4 is 10.1 Å². The molecule has 0 radical (unpaired) electrons. The summed E-state index contributed by atoms with van der Waals surface area (Å²) in [6, 6.07) is 13.4. The summed E-state index contributed by atoms with van der Waals surface area (Å²) in [5.41, 5.74) is 0.722. The number of hydrogen-bond donors (Lipinski definition) is 1. The monoisotopic (exact) mass is 319 g/mol. The molecule has 0 fully saturated rings. The molecule has 1 atom stereocenters. The zero-order valence-electron chi connectivity index (χ0n) is 12.5. The summed E-state index contributed by atoms with van der Waals surface area (Å²) in [6.45, 7) is 4.35. The lowest BCUT2D eigenvalue weighted by atomic mass is 10.3. The van der Waals surface area contributed by atoms with Crippen LogP contribution in [0.4, 0.5) is 10.1 Å². The van der Waals surface area contributed by atoms with Crippen molar-refractivity contribution in [3.63, 3.8) is 0 Å². The van der Waals surface area contributed by atoms with E-state index in [2.05, 4.69) is 5.32 Å². The van der Waals surface area contributed by atoms with Crippen LogP contribution in [0.1, 0.15) is 13.8 Å². The Morgan fingerprint density at radius 3 is 2.41 bits per heavy atom. The molecule has 0 aliphatic heterocycles. The Morgan fingerprint density at radius 2 is 1.82 bits per heavy atom. The van der Waals surface area contributed by atoms with Gasteiger partial charge < -0.3 is 10.1 Å². The minimum Gasteiger partial charge on any atom is -0.494 e. The van der Waals surface area contributed by atoms with Crippen LogP contribution >= 0.6 is 11.8 Å². The first kappa shape index (κ1) is 16.4. The maximum Gasteiger partial charge on any atom is 0.237 e. The molecule has 0 aliphatic rings. The molecule has 0 saturated carbocycles. The molecule has 2 aromatic carbocycles. The molecule has 0 spiro atoms. The van der Waals surface area contributed by atoms with Gasteiger partial charge in [0.25, 0.3) is 0 Å². The summed E-state index contributed by atoms with van der Waals surface area (Å²) >= 11 is 1.39. The molecule has 0 heterocycles. The third-order valence-electron chi connectivity index (χ3n) is 2.93. The molecule has 1 unspecified atom stereocenters. The Kier molecular flexibility index (Phi) is 5.83. The van der Waals surface area contributed by atoms with E-state index in [0.29, 0.717) is 6.61 Å². The summed E-state index contributed by atoms with van der Waals surface area (Å²) in [7, 11) is 0. The molecule has 0 saturated heterocycles. The Hall–Kier alpha value is -2.01. The SMILES string of the molecule is CCOc1ccc(NC(=O)C(C)Sc2ccc(F)cc2)cc1. The maximum absolute atomic E-state index is 12.9. The summed E-state index contributed by atoms with van der Waals surface area (Å²) < 4.78 is 18.2. The quantitative estimate of drug-likeness (QED) is 0.805. The van der Waals surface area contributed by atoms with Gasteiger partial charge in [-0.2, -0.15) is 0 Å². The van der Waals surface area contributed by atoms with E-state index in [1.165, 1.54) is 23.9 Å². The number of amides is 1. The molecule has 116 valence electrons. The van der Waals surface area contributed by atoms with Crippen molar-refractivity contribution in [1.82, 2.24) is 0 Å². The van der Waals surface area contributed by atoms with Crippen molar-refractivity contribution in [2.24, 2.45) is 0 Å². The molecule has 1 amide bonds. The fourth-order valence-electron chi connectivity index (χ4n) is 1.82. The zero-order valence-corrected chi connectivity index (χ0v) is 13.3. The van der Waals surface area contributed by atoms with Gasteiger partial charge in [0.1, 0.15) is 11.6 Å². The second-order valence-corrected chi connectivity index (χ2v) is 6.07. The highest BCUT2D eigenvalue weighted by atomic mass is 32.2. The number of anilines is 1. The van der Waals surface area contributed by atoms with Gasteiger partial charge in [0, 0.05) is 10.6 Å². The molecule has 5 heteroatoms. The van der Waals surface area contributed by atoms with E-state index < -0.39 is 0 Å². The van der Waals surface area contributed by atoms with Gasteiger partial charge in [0.15, 0.2) is 0 Å². The predicted molar refractivity (Wildman–Crippen MR) is 88.0 cm³/mol. The molecular formula is C17H18FNO2S. The van der Waals surface area contributed by atoms with Crippen LogP contribution in [-0.4, -0.2) is 17.8 Å². The number of ether oxygens (including phenoxy) is 1. The minimum absolute atomic E-state index is 0.0986. The molecule has 22 heavy (non-hydrogen) atoms. The second-order valence-electron chi connectivity index (χ2n) is 4.66. The highest BCUT2D eigenvalue weighted by Crippen LogP contribution is 2.24. The highest BCUT2D eigenvalue weighted by molar-refractivity contribution is 8.00. The van der Waals surface area contributed by atoms with E-state index in [1.54, 1.807) is 24.3 Å². The average Bonchev–Trinajstić information content (AvgIpc) is 2.51. The maximum atomic E-state index is 12.9. The standard InChI is InChI=1S/C17H18FNO2S/c1-3-21-15-8-6-14(7-9-15)19-17(20)12(2)22-16-10-4-13(18)5-11-16/h4-12H,3H2,1-2H3,(H,19,20). The van der Waals surface area contributed by atoms with Crippen molar-refractivity contribution in [3.05, 3.63) is 54.3 Å². The van der Waals surface area contributed by atoms with Crippen LogP contribution in [-0.2, 0) is 4.79 Å². The predicted octanol–water partition coefficient (Wildman–Crippen LogP) is 4.34. The van der Waals surface area contributed by atoms with Crippen LogP contribution in [0.5, 0.6) is 5.75 Å². The third-order valence-corrected chi connectivity index (χ3v) is 4.04. The minimum atomic E-state index is -0.282. The van der Waals surface area contributed by atoms with Crippen molar-refractivity contribution in [2.75, 3.05) is 11.9 Å². The smallest absolute Gasteiger partial charge is 0.237 e. The molecular weight excluding hydrogens is 301 g/mol. The molecule has 1 N–H and O–H groups in total. The molecule has 0 bridgehead atoms. The van der Waals surface area contributed by atoms with Crippen molar-refractivity contribution in [3.8, 4) is 5.75 Å². The number of halogens is 1. The lowest BCUT2D eigenvalue weighted by Crippen LogP contribution is -2.22. The molecule has 0 aromatic heterocycles. The zero-order chi connectivity index (χ0) is 15.9. The number of carbonyl (C=O) groups excluding carboxylic acids is 1. The van der Waals surface area contributed by atoms with E-state index in [-0.39, 0.29) is 17.0 Å². The van der Waals surface area contributed by atoms with Gasteiger partial charge in [0.05, 0.1) is 11.9 Å². The van der Waals surface area contributed by atoms with E-state index in [9.17, 15) is 9.18 Å². The van der Waals surface area contributed by atoms with Gasteiger partial charge in [-0.3, -0.25) is 4.79 Å². The summed E-state index contributed by atoms with van der Waals surface area (Å²) in [6.07, 6.45) is 0. The Bertz CT molecular complexity index is 614. The van der Waals surface area contributed by atoms with E-state index in [1.807, 2.05) is 26.0 Å². The van der Waals surface area contributed by atoms with Crippen LogP contribution in [0.15, 0.2) is 53.4 Å². The van der Waals surface area contributed by atoms with Gasteiger partial charge >= 0.3 is 0 Å². The van der Waals surface area contributed by atoms with Crippen LogP contribution in [0.3, 0.4) is 0 Å². The third kappa shape index (κ3) is 4.77. The van der Waals surface area contributed by atoms with E-state index >= 15 is 0 Å². The summed E-state index contributed by atoms with van der Waals surface area (Å²) in [4.78, 5) is 13.0. The Morgan fingerprint density at radius 1 is 1.18 bits per heavy atom. The first-order valence-electron chi connectivity index (χ1n) is 7.04. The number of carbonyl (C=O) groups is 1. The van der Waals surface area contributed by atoms with E-state index in [4.69, 9.17) is 4.74 Å². The molecule has 2 aromatic rings. The van der Waals surface area contributed by atoms with Crippen LogP contribution in [0.2, 0.25) is 0 Å². The van der Waals surface area contributed by atoms with Crippen molar-refractivity contribution in [1.29, 1.82) is 0 Å². The average molecular weight is 319 g/mol. The number of nitrogens with one attached hydrogen (secondary N) is 1. The number of hydrogen-bond acceptors (Lipinski definition) is 3. The molecule has 0 aliphatic carbocycles. The molecule has 2 rings (SSSR count). The summed E-state index contributed by atoms with van der Waals surface area (Å²) in [5, 5.41) is 2.57. The normalized spacial score (nSPS) is 11.8. The van der Waals surface area contributed by atoms with Gasteiger partial charge in [0.2, 0.25) is 5.91 Å². The van der Waals surface area contributed by atoms with Crippen molar-refractivity contribution >= 4 is 23.4 Å². The van der Waals surface area contributed by atoms with Crippen molar-refractivity contribution < 1.29 is 13.9 Å². The fourth-order valence-corrected chi connectivity index (χ4v) is 2.68. The van der Waals surface area contributed by atoms with E-state index in [0.717, 1.165) is 16.3 Å². The van der Waals surface area contributed by atoms with Gasteiger partial charge in [-0.05, 0) is 62.4 Å². The summed E-state index contributed by atoms with van der Waals surface area (Å²) in [5.74, 6) is 0.392. The largest absolute Gasteiger partial charge is 0.494 e. The highest BCUT2D eigenvalue weighted by Gasteiger charge is 2.14.